The first kappa shape index (κ1) is 19.6. The Kier molecular flexibility index (Phi) is 7.31. The molecule has 2 rings (SSSR count). The molecule has 2 aromatic carbocycles. The van der Waals surface area contributed by atoms with Gasteiger partial charge in [-0.25, -0.2) is 4.79 Å². The minimum atomic E-state index is -2.95. The molecule has 140 valence electrons. The number of hydrogen-bond acceptors (Lipinski definition) is 5. The number of alkyl halides is 2. The van der Waals surface area contributed by atoms with Crippen molar-refractivity contribution in [2.24, 2.45) is 0 Å². The van der Waals surface area contributed by atoms with E-state index in [-0.39, 0.29) is 12.4 Å². The van der Waals surface area contributed by atoms with Gasteiger partial charge >= 0.3 is 12.7 Å². The second-order valence-electron chi connectivity index (χ2n) is 5.39. The normalized spacial score (nSPS) is 13.1. The van der Waals surface area contributed by atoms with Crippen molar-refractivity contribution in [3.05, 3.63) is 65.7 Å². The van der Waals surface area contributed by atoms with Crippen LogP contribution in [0, 0.1) is 0 Å². The van der Waals surface area contributed by atoms with Crippen LogP contribution in [0.2, 0.25) is 0 Å². The van der Waals surface area contributed by atoms with E-state index < -0.39 is 31.5 Å². The summed E-state index contributed by atoms with van der Waals surface area (Å²) in [6, 6.07) is 13.2. The molecule has 0 saturated heterocycles. The first-order chi connectivity index (χ1) is 12.5. The molecule has 8 heteroatoms. The minimum Gasteiger partial charge on any atom is -0.445 e. The number of benzene rings is 2. The van der Waals surface area contributed by atoms with E-state index in [9.17, 15) is 23.8 Å². The molecule has 26 heavy (non-hydrogen) atoms. The first-order valence-corrected chi connectivity index (χ1v) is 7.80. The van der Waals surface area contributed by atoms with E-state index in [1.807, 2.05) is 6.07 Å². The number of carbonyl (C=O) groups is 1. The molecule has 2 atom stereocenters. The number of aliphatic hydroxyl groups is 2. The lowest BCUT2D eigenvalue weighted by Crippen LogP contribution is -2.42. The number of amides is 1. The summed E-state index contributed by atoms with van der Waals surface area (Å²) in [6.07, 6.45) is -2.06. The molecule has 0 aromatic heterocycles. The molecule has 0 saturated carbocycles. The Morgan fingerprint density at radius 1 is 1.08 bits per heavy atom. The van der Waals surface area contributed by atoms with E-state index >= 15 is 0 Å². The molecular formula is C18H19F2NO5. The van der Waals surface area contributed by atoms with Crippen molar-refractivity contribution in [2.45, 2.75) is 25.4 Å². The third-order valence-electron chi connectivity index (χ3n) is 3.54. The van der Waals surface area contributed by atoms with Gasteiger partial charge in [0.25, 0.3) is 0 Å². The van der Waals surface area contributed by atoms with Gasteiger partial charge in [0, 0.05) is 0 Å². The molecule has 0 fully saturated rings. The summed E-state index contributed by atoms with van der Waals surface area (Å²) in [5, 5.41) is 22.0. The third-order valence-corrected chi connectivity index (χ3v) is 3.54. The molecule has 0 aliphatic carbocycles. The lowest BCUT2D eigenvalue weighted by atomic mass is 10.0. The summed E-state index contributed by atoms with van der Waals surface area (Å²) in [4.78, 5) is 11.8. The van der Waals surface area contributed by atoms with Gasteiger partial charge in [-0.1, -0.05) is 42.5 Å². The van der Waals surface area contributed by atoms with Gasteiger partial charge in [-0.15, -0.1) is 0 Å². The van der Waals surface area contributed by atoms with Crippen LogP contribution in [0.1, 0.15) is 17.2 Å². The van der Waals surface area contributed by atoms with Crippen LogP contribution in [0.25, 0.3) is 0 Å². The second-order valence-corrected chi connectivity index (χ2v) is 5.39. The Morgan fingerprint density at radius 3 is 2.31 bits per heavy atom. The summed E-state index contributed by atoms with van der Waals surface area (Å²) in [5.41, 5.74) is 1.10. The number of carbonyl (C=O) groups excluding carboxylic acids is 1. The van der Waals surface area contributed by atoms with Crippen molar-refractivity contribution >= 4 is 6.09 Å². The largest absolute Gasteiger partial charge is 0.445 e. The smallest absolute Gasteiger partial charge is 0.407 e. The fourth-order valence-electron chi connectivity index (χ4n) is 2.22. The maximum Gasteiger partial charge on any atom is 0.407 e. The van der Waals surface area contributed by atoms with Crippen LogP contribution in [0.4, 0.5) is 13.6 Å². The van der Waals surface area contributed by atoms with E-state index in [0.717, 1.165) is 5.56 Å². The van der Waals surface area contributed by atoms with E-state index in [1.54, 1.807) is 24.3 Å². The highest BCUT2D eigenvalue weighted by Crippen LogP contribution is 2.21. The number of nitrogens with one attached hydrogen (secondary N) is 1. The summed E-state index contributed by atoms with van der Waals surface area (Å²) >= 11 is 0. The predicted octanol–water partition coefficient (Wildman–Crippen LogP) is 2.61. The molecule has 0 aliphatic heterocycles. The van der Waals surface area contributed by atoms with Crippen LogP contribution < -0.4 is 10.1 Å². The third kappa shape index (κ3) is 5.98. The van der Waals surface area contributed by atoms with Gasteiger partial charge in [0.05, 0.1) is 12.6 Å². The number of aliphatic hydroxyl groups excluding tert-OH is 2. The zero-order valence-electron chi connectivity index (χ0n) is 13.7. The number of halogens is 2. The number of rotatable bonds is 8. The van der Waals surface area contributed by atoms with Gasteiger partial charge < -0.3 is 25.0 Å². The molecule has 2 aromatic rings. The van der Waals surface area contributed by atoms with Crippen LogP contribution in [0.3, 0.4) is 0 Å². The van der Waals surface area contributed by atoms with E-state index in [2.05, 4.69) is 10.1 Å². The first-order valence-electron chi connectivity index (χ1n) is 7.80. The highest BCUT2D eigenvalue weighted by Gasteiger charge is 2.23. The topological polar surface area (TPSA) is 88.0 Å². The van der Waals surface area contributed by atoms with Gasteiger partial charge in [0.2, 0.25) is 0 Å². The molecule has 6 nitrogen and oxygen atoms in total. The quantitative estimate of drug-likeness (QED) is 0.668. The van der Waals surface area contributed by atoms with E-state index in [4.69, 9.17) is 4.74 Å². The summed E-state index contributed by atoms with van der Waals surface area (Å²) in [7, 11) is 0. The number of hydrogen-bond donors (Lipinski definition) is 3. The van der Waals surface area contributed by atoms with Crippen molar-refractivity contribution in [1.29, 1.82) is 0 Å². The lowest BCUT2D eigenvalue weighted by molar-refractivity contribution is -0.0498. The standard InChI is InChI=1S/C18H19F2NO5/c19-17(20)26-14-8-6-13(7-9-14)16(23)15(10-22)21-18(24)25-11-12-4-2-1-3-5-12/h1-9,15-17,22-23H,10-11H2,(H,21,24)/t15-,16-/m1/s1. The predicted molar refractivity (Wildman–Crippen MR) is 88.7 cm³/mol. The molecule has 1 amide bonds. The molecule has 0 aliphatic rings. The average Bonchev–Trinajstić information content (AvgIpc) is 2.65. The fraction of sp³-hybridized carbons (Fsp3) is 0.278. The zero-order valence-corrected chi connectivity index (χ0v) is 13.7. The zero-order chi connectivity index (χ0) is 18.9. The maximum absolute atomic E-state index is 12.1. The van der Waals surface area contributed by atoms with Crippen LogP contribution >= 0.6 is 0 Å². The molecule has 0 spiro atoms. The van der Waals surface area contributed by atoms with Gasteiger partial charge in [-0.3, -0.25) is 0 Å². The minimum absolute atomic E-state index is 0.0422. The number of ether oxygens (including phenoxy) is 2. The number of alkyl carbamates (subject to hydrolysis) is 1. The fourth-order valence-corrected chi connectivity index (χ4v) is 2.22. The Labute approximate surface area is 149 Å². The van der Waals surface area contributed by atoms with Gasteiger partial charge in [-0.05, 0) is 23.3 Å². The molecule has 0 unspecified atom stereocenters. The summed E-state index contributed by atoms with van der Waals surface area (Å²) < 4.78 is 33.5. The Bertz CT molecular complexity index is 682. The maximum atomic E-state index is 12.1. The molecule has 3 N–H and O–H groups in total. The average molecular weight is 367 g/mol. The molecule has 0 radical (unpaired) electrons. The second kappa shape index (κ2) is 9.69. The monoisotopic (exact) mass is 367 g/mol. The summed E-state index contributed by atoms with van der Waals surface area (Å²) in [6.45, 7) is -3.45. The van der Waals surface area contributed by atoms with Gasteiger partial charge in [-0.2, -0.15) is 8.78 Å². The Morgan fingerprint density at radius 2 is 1.73 bits per heavy atom. The molecular weight excluding hydrogens is 348 g/mol. The van der Waals surface area contributed by atoms with Gasteiger partial charge in [0.1, 0.15) is 18.5 Å². The Balaban J connectivity index is 1.90. The lowest BCUT2D eigenvalue weighted by Gasteiger charge is -2.22. The van der Waals surface area contributed by atoms with Crippen LogP contribution in [-0.4, -0.2) is 35.6 Å². The molecule has 0 heterocycles. The highest BCUT2D eigenvalue weighted by atomic mass is 19.3. The van der Waals surface area contributed by atoms with Crippen LogP contribution in [-0.2, 0) is 11.3 Å². The van der Waals surface area contributed by atoms with Crippen molar-refractivity contribution in [3.63, 3.8) is 0 Å². The Hall–Kier alpha value is -2.71. The van der Waals surface area contributed by atoms with E-state index in [0.29, 0.717) is 5.56 Å². The van der Waals surface area contributed by atoms with Crippen molar-refractivity contribution < 1.29 is 33.3 Å². The van der Waals surface area contributed by atoms with Crippen LogP contribution in [0.5, 0.6) is 5.75 Å². The van der Waals surface area contributed by atoms with Crippen molar-refractivity contribution in [2.75, 3.05) is 6.61 Å². The van der Waals surface area contributed by atoms with Crippen molar-refractivity contribution in [3.8, 4) is 5.75 Å². The summed E-state index contributed by atoms with van der Waals surface area (Å²) in [5.74, 6) is -0.0632. The van der Waals surface area contributed by atoms with Gasteiger partial charge in [0.15, 0.2) is 0 Å². The van der Waals surface area contributed by atoms with Crippen LogP contribution in [0.15, 0.2) is 54.6 Å². The highest BCUT2D eigenvalue weighted by molar-refractivity contribution is 5.67. The molecule has 0 bridgehead atoms. The van der Waals surface area contributed by atoms with Crippen molar-refractivity contribution in [1.82, 2.24) is 5.32 Å². The van der Waals surface area contributed by atoms with E-state index in [1.165, 1.54) is 24.3 Å². The SMILES string of the molecule is O=C(N[C@H](CO)[C@H](O)c1ccc(OC(F)F)cc1)OCc1ccccc1.